The molecular formula is C12H23N3O6Si. The van der Waals surface area contributed by atoms with Gasteiger partial charge < -0.3 is 20.9 Å². The van der Waals surface area contributed by atoms with E-state index < -0.39 is 44.7 Å². The average molecular weight is 333 g/mol. The molecule has 126 valence electrons. The van der Waals surface area contributed by atoms with Crippen molar-refractivity contribution in [1.82, 2.24) is 5.06 Å². The second-order valence-corrected chi connectivity index (χ2v) is 11.8. The highest BCUT2D eigenvalue weighted by Crippen LogP contribution is 2.19. The molecular weight excluding hydrogens is 310 g/mol. The molecule has 10 heteroatoms. The lowest BCUT2D eigenvalue weighted by atomic mass is 10.0. The number of primary amides is 1. The van der Waals surface area contributed by atoms with Crippen LogP contribution in [-0.4, -0.2) is 63.0 Å². The van der Waals surface area contributed by atoms with E-state index in [9.17, 15) is 14.4 Å². The van der Waals surface area contributed by atoms with Crippen LogP contribution in [0.4, 0.5) is 4.79 Å². The largest absolute Gasteiger partial charge is 0.464 e. The number of carbonyl (C=O) groups is 3. The number of ether oxygens (including phenoxy) is 2. The molecule has 22 heavy (non-hydrogen) atoms. The van der Waals surface area contributed by atoms with E-state index in [0.29, 0.717) is 6.61 Å². The molecule has 0 spiro atoms. The maximum atomic E-state index is 11.5. The van der Waals surface area contributed by atoms with Crippen molar-refractivity contribution in [3.05, 3.63) is 0 Å². The predicted molar refractivity (Wildman–Crippen MR) is 79.2 cm³/mol. The minimum absolute atomic E-state index is 0.188. The van der Waals surface area contributed by atoms with Gasteiger partial charge in [-0.25, -0.2) is 14.7 Å². The molecule has 1 aliphatic rings. The van der Waals surface area contributed by atoms with Crippen LogP contribution < -0.4 is 11.5 Å². The van der Waals surface area contributed by atoms with E-state index in [4.69, 9.17) is 21.0 Å². The monoisotopic (exact) mass is 333 g/mol. The molecule has 0 aromatic carbocycles. The first-order valence-electron chi connectivity index (χ1n) is 6.91. The van der Waals surface area contributed by atoms with Crippen LogP contribution in [-0.2, 0) is 23.9 Å². The van der Waals surface area contributed by atoms with Crippen molar-refractivity contribution in [1.29, 1.82) is 0 Å². The van der Waals surface area contributed by atoms with Gasteiger partial charge in [-0.15, -0.1) is 0 Å². The van der Waals surface area contributed by atoms with Crippen LogP contribution in [0.2, 0.25) is 25.7 Å². The van der Waals surface area contributed by atoms with E-state index in [2.05, 4.69) is 24.4 Å². The Morgan fingerprint density at radius 3 is 2.45 bits per heavy atom. The Balaban J connectivity index is 2.31. The molecule has 9 nitrogen and oxygen atoms in total. The van der Waals surface area contributed by atoms with Gasteiger partial charge in [-0.05, 0) is 6.04 Å². The van der Waals surface area contributed by atoms with Crippen LogP contribution in [0.25, 0.3) is 0 Å². The number of hydrogen-bond donors (Lipinski definition) is 2. The summed E-state index contributed by atoms with van der Waals surface area (Å²) in [6.07, 6.45) is -0.975. The van der Waals surface area contributed by atoms with Gasteiger partial charge in [-0.1, -0.05) is 19.6 Å². The fourth-order valence-electron chi connectivity index (χ4n) is 1.67. The van der Waals surface area contributed by atoms with Crippen LogP contribution in [0.1, 0.15) is 0 Å². The molecule has 0 aromatic heterocycles. The molecule has 1 saturated heterocycles. The number of nitrogens with two attached hydrogens (primary N) is 2. The van der Waals surface area contributed by atoms with Crippen molar-refractivity contribution >= 4 is 26.0 Å². The lowest BCUT2D eigenvalue weighted by Gasteiger charge is -2.42. The summed E-state index contributed by atoms with van der Waals surface area (Å²) in [6.45, 7) is 6.24. The van der Waals surface area contributed by atoms with Crippen molar-refractivity contribution in [2.45, 2.75) is 37.8 Å². The quantitative estimate of drug-likeness (QED) is 0.345. The van der Waals surface area contributed by atoms with E-state index in [-0.39, 0.29) is 6.61 Å². The number of carbonyl (C=O) groups excluding carboxylic acids is 3. The van der Waals surface area contributed by atoms with Crippen molar-refractivity contribution in [2.75, 3.05) is 19.8 Å². The Morgan fingerprint density at radius 1 is 1.27 bits per heavy atom. The summed E-state index contributed by atoms with van der Waals surface area (Å²) in [5.74, 6) is -1.06. The first-order valence-corrected chi connectivity index (χ1v) is 10.6. The lowest BCUT2D eigenvalue weighted by molar-refractivity contribution is -0.238. The third-order valence-electron chi connectivity index (χ3n) is 3.05. The number of nitrogens with zero attached hydrogens (tertiary/aromatic N) is 1. The predicted octanol–water partition coefficient (Wildman–Crippen LogP) is -0.567. The van der Waals surface area contributed by atoms with Crippen molar-refractivity contribution in [3.8, 4) is 0 Å². The van der Waals surface area contributed by atoms with Gasteiger partial charge >= 0.3 is 12.1 Å². The van der Waals surface area contributed by atoms with Crippen LogP contribution >= 0.6 is 0 Å². The number of hydrogen-bond acceptors (Lipinski definition) is 7. The van der Waals surface area contributed by atoms with E-state index in [1.54, 1.807) is 0 Å². The molecule has 0 bridgehead atoms. The molecule has 0 aliphatic carbocycles. The summed E-state index contributed by atoms with van der Waals surface area (Å²) in [4.78, 5) is 38.7. The Morgan fingerprint density at radius 2 is 1.91 bits per heavy atom. The topological polar surface area (TPSA) is 134 Å². The molecule has 1 aliphatic heterocycles. The van der Waals surface area contributed by atoms with Gasteiger partial charge in [0.05, 0.1) is 6.61 Å². The van der Waals surface area contributed by atoms with Gasteiger partial charge in [0.1, 0.15) is 18.7 Å². The molecule has 0 aromatic rings. The van der Waals surface area contributed by atoms with Crippen molar-refractivity contribution < 1.29 is 28.7 Å². The molecule has 0 unspecified atom stereocenters. The zero-order valence-corrected chi connectivity index (χ0v) is 14.0. The van der Waals surface area contributed by atoms with E-state index >= 15 is 0 Å². The Labute approximate surface area is 129 Å². The highest BCUT2D eigenvalue weighted by atomic mass is 28.3. The number of esters is 1. The van der Waals surface area contributed by atoms with Gasteiger partial charge in [-0.2, -0.15) is 0 Å². The van der Waals surface area contributed by atoms with Crippen LogP contribution in [0.15, 0.2) is 0 Å². The van der Waals surface area contributed by atoms with Gasteiger partial charge in [0.25, 0.3) is 5.91 Å². The standard InChI is InChI=1S/C12H23N3O6Si/c1-22(2,3)5-4-19-9(16)7-21-15-8(6-20-12(14)18)10(13)11(15)17/h8,10H,4-7,13H2,1-3H3,(H2,14,18)/t8-,10+/m1/s1. The van der Waals surface area contributed by atoms with Crippen molar-refractivity contribution in [3.63, 3.8) is 0 Å². The molecule has 0 saturated carbocycles. The summed E-state index contributed by atoms with van der Waals surface area (Å²) >= 11 is 0. The minimum Gasteiger partial charge on any atom is -0.464 e. The minimum atomic E-state index is -1.28. The molecule has 2 atom stereocenters. The van der Waals surface area contributed by atoms with Crippen molar-refractivity contribution in [2.24, 2.45) is 11.5 Å². The average Bonchev–Trinajstić information content (AvgIpc) is 2.39. The molecule has 1 heterocycles. The summed E-state index contributed by atoms with van der Waals surface area (Å²) in [7, 11) is -1.28. The molecule has 4 N–H and O–H groups in total. The van der Waals surface area contributed by atoms with Gasteiger partial charge in [-0.3, -0.25) is 9.63 Å². The number of rotatable bonds is 8. The zero-order valence-electron chi connectivity index (χ0n) is 13.0. The fraction of sp³-hybridized carbons (Fsp3) is 0.750. The summed E-state index contributed by atoms with van der Waals surface area (Å²) < 4.78 is 9.61. The maximum Gasteiger partial charge on any atom is 0.404 e. The van der Waals surface area contributed by atoms with Gasteiger partial charge in [0.15, 0.2) is 6.61 Å². The first kappa shape index (κ1) is 18.4. The van der Waals surface area contributed by atoms with Crippen LogP contribution in [0, 0.1) is 0 Å². The molecule has 0 radical (unpaired) electrons. The van der Waals surface area contributed by atoms with E-state index in [1.165, 1.54) is 0 Å². The fourth-order valence-corrected chi connectivity index (χ4v) is 2.39. The van der Waals surface area contributed by atoms with E-state index in [1.807, 2.05) is 0 Å². The van der Waals surface area contributed by atoms with Crippen LogP contribution in [0.3, 0.4) is 0 Å². The van der Waals surface area contributed by atoms with Crippen LogP contribution in [0.5, 0.6) is 0 Å². The summed E-state index contributed by atoms with van der Waals surface area (Å²) in [6, 6.07) is -0.654. The number of β-lactam (4-membered cyclic amide) rings is 1. The normalized spacial score (nSPS) is 21.3. The third-order valence-corrected chi connectivity index (χ3v) is 4.76. The Bertz CT molecular complexity index is 439. The maximum absolute atomic E-state index is 11.5. The molecule has 1 rings (SSSR count). The third kappa shape index (κ3) is 5.62. The molecule has 2 amide bonds. The SMILES string of the molecule is C[Si](C)(C)CCOC(=O)CON1C(=O)[C@@H](N)[C@H]1COC(N)=O. The van der Waals surface area contributed by atoms with Gasteiger partial charge in [0, 0.05) is 8.07 Å². The smallest absolute Gasteiger partial charge is 0.404 e. The number of amides is 2. The first-order chi connectivity index (χ1) is 10.1. The number of hydroxylamine groups is 2. The second-order valence-electron chi connectivity index (χ2n) is 6.19. The Hall–Kier alpha value is -1.65. The molecule has 1 fully saturated rings. The van der Waals surface area contributed by atoms with Gasteiger partial charge in [0.2, 0.25) is 0 Å². The zero-order chi connectivity index (χ0) is 16.9. The summed E-state index contributed by atoms with van der Waals surface area (Å²) in [5, 5.41) is 0.910. The highest BCUT2D eigenvalue weighted by Gasteiger charge is 2.47. The highest BCUT2D eigenvalue weighted by molar-refractivity contribution is 6.76. The second kappa shape index (κ2) is 7.56. The Kier molecular flexibility index (Phi) is 6.32. The van der Waals surface area contributed by atoms with E-state index in [0.717, 1.165) is 11.1 Å². The lowest BCUT2D eigenvalue weighted by Crippen LogP contribution is -2.70. The summed E-state index contributed by atoms with van der Waals surface area (Å²) in [5.41, 5.74) is 10.4.